The molecule has 3 fully saturated rings. The van der Waals surface area contributed by atoms with E-state index in [4.69, 9.17) is 0 Å². The summed E-state index contributed by atoms with van der Waals surface area (Å²) in [5, 5.41) is 0. The molecule has 3 saturated carbocycles. The topological polar surface area (TPSA) is 0 Å². The van der Waals surface area contributed by atoms with Gasteiger partial charge in [-0.1, -0.05) is 80.8 Å². The Kier molecular flexibility index (Phi) is 5.76. The van der Waals surface area contributed by atoms with Gasteiger partial charge in [-0.2, -0.15) is 0 Å². The van der Waals surface area contributed by atoms with Crippen LogP contribution in [0.2, 0.25) is 24.2 Å². The lowest BCUT2D eigenvalue weighted by molar-refractivity contribution is 0.0308. The van der Waals surface area contributed by atoms with Gasteiger partial charge in [0, 0.05) is 0 Å². The normalized spacial score (nSPS) is 39.9. The monoisotopic (exact) mass is 436 g/mol. The summed E-state index contributed by atoms with van der Waals surface area (Å²) in [6, 6.07) is 0. The fourth-order valence-corrected chi connectivity index (χ4v) is 16.0. The first-order chi connectivity index (χ1) is 14.7. The van der Waals surface area contributed by atoms with Gasteiger partial charge in [0.25, 0.3) is 0 Å². The lowest BCUT2D eigenvalue weighted by Gasteiger charge is -2.51. The number of fused-ring (bicyclic) bond motifs is 2. The average molecular weight is 437 g/mol. The molecule has 0 amide bonds. The van der Waals surface area contributed by atoms with Crippen molar-refractivity contribution < 1.29 is 0 Å². The van der Waals surface area contributed by atoms with Crippen molar-refractivity contribution >= 4 is 8.07 Å². The van der Waals surface area contributed by atoms with Crippen LogP contribution in [-0.2, 0) is 0 Å². The minimum absolute atomic E-state index is 0.772. The Labute approximate surface area is 194 Å². The van der Waals surface area contributed by atoms with Crippen LogP contribution in [0.25, 0.3) is 0 Å². The first-order valence-electron chi connectivity index (χ1n) is 13.8. The zero-order valence-corrected chi connectivity index (χ0v) is 22.6. The Morgan fingerprint density at radius 3 is 1.97 bits per heavy atom. The lowest BCUT2D eigenvalue weighted by atomic mass is 9.58. The number of hydrogen-bond acceptors (Lipinski definition) is 0. The van der Waals surface area contributed by atoms with Gasteiger partial charge in [-0.05, 0) is 105 Å². The highest BCUT2D eigenvalue weighted by Crippen LogP contribution is 2.65. The van der Waals surface area contributed by atoms with Crippen LogP contribution in [0.4, 0.5) is 0 Å². The van der Waals surface area contributed by atoms with Gasteiger partial charge in [0.2, 0.25) is 0 Å². The van der Waals surface area contributed by atoms with Crippen LogP contribution < -0.4 is 0 Å². The maximum Gasteiger partial charge on any atom is 0.0669 e. The minimum Gasteiger partial charge on any atom is -0.0819 e. The molecule has 0 bridgehead atoms. The predicted octanol–water partition coefficient (Wildman–Crippen LogP) is 9.33. The van der Waals surface area contributed by atoms with E-state index in [-0.39, 0.29) is 0 Å². The van der Waals surface area contributed by atoms with Gasteiger partial charge in [0.1, 0.15) is 0 Å². The molecular weight excluding hydrogens is 388 g/mol. The molecule has 0 N–H and O–H groups in total. The van der Waals surface area contributed by atoms with Crippen molar-refractivity contribution in [1.82, 2.24) is 0 Å². The van der Waals surface area contributed by atoms with Crippen LogP contribution in [0.15, 0.2) is 33.9 Å². The van der Waals surface area contributed by atoms with E-state index in [9.17, 15) is 0 Å². The van der Waals surface area contributed by atoms with Gasteiger partial charge >= 0.3 is 0 Å². The van der Waals surface area contributed by atoms with E-state index in [0.29, 0.717) is 0 Å². The molecule has 5 aliphatic rings. The molecule has 0 nitrogen and oxygen atoms in total. The average Bonchev–Trinajstić information content (AvgIpc) is 3.38. The molecule has 0 aliphatic heterocycles. The minimum atomic E-state index is -1.53. The van der Waals surface area contributed by atoms with Crippen molar-refractivity contribution in [2.24, 2.45) is 35.5 Å². The molecule has 31 heavy (non-hydrogen) atoms. The second kappa shape index (κ2) is 8.03. The summed E-state index contributed by atoms with van der Waals surface area (Å²) in [5.41, 5.74) is 10.2. The Balaban J connectivity index is 1.50. The molecule has 5 aliphatic carbocycles. The van der Waals surface area contributed by atoms with Crippen LogP contribution in [-0.4, -0.2) is 8.07 Å². The van der Waals surface area contributed by atoms with Gasteiger partial charge in [0.05, 0.1) is 8.07 Å². The first-order valence-corrected chi connectivity index (χ1v) is 16.9. The summed E-state index contributed by atoms with van der Waals surface area (Å²) in [6.45, 7) is 17.8. The van der Waals surface area contributed by atoms with E-state index in [1.54, 1.807) is 54.4 Å². The van der Waals surface area contributed by atoms with Gasteiger partial charge in [0.15, 0.2) is 0 Å². The van der Waals surface area contributed by atoms with E-state index in [1.807, 2.05) is 5.57 Å². The summed E-state index contributed by atoms with van der Waals surface area (Å²) < 4.78 is 0. The van der Waals surface area contributed by atoms with E-state index in [0.717, 1.165) is 46.6 Å². The Morgan fingerprint density at radius 2 is 1.32 bits per heavy atom. The summed E-state index contributed by atoms with van der Waals surface area (Å²) in [7, 11) is -1.53. The molecule has 1 heteroatoms. The van der Waals surface area contributed by atoms with Gasteiger partial charge in [-0.3, -0.25) is 0 Å². The fraction of sp³-hybridized carbons (Fsp3) is 0.800. The molecule has 0 heterocycles. The maximum absolute atomic E-state index is 2.88. The van der Waals surface area contributed by atoms with Crippen molar-refractivity contribution in [2.45, 2.75) is 117 Å². The fourth-order valence-electron chi connectivity index (χ4n) is 10.2. The third kappa shape index (κ3) is 3.34. The Hall–Kier alpha value is -0.563. The number of rotatable bonds is 3. The van der Waals surface area contributed by atoms with Crippen LogP contribution in [0.5, 0.6) is 0 Å². The third-order valence-corrected chi connectivity index (χ3v) is 16.3. The van der Waals surface area contributed by atoms with Crippen molar-refractivity contribution in [3.05, 3.63) is 33.9 Å². The highest BCUT2D eigenvalue weighted by atomic mass is 28.3. The second-order valence-corrected chi connectivity index (χ2v) is 17.9. The van der Waals surface area contributed by atoms with E-state index < -0.39 is 8.07 Å². The van der Waals surface area contributed by atoms with Crippen LogP contribution in [0.1, 0.15) is 92.4 Å². The highest BCUT2D eigenvalue weighted by Gasteiger charge is 2.57. The summed E-state index contributed by atoms with van der Waals surface area (Å²) in [6.07, 6.45) is 16.7. The van der Waals surface area contributed by atoms with E-state index >= 15 is 0 Å². The zero-order valence-electron chi connectivity index (χ0n) is 21.6. The molecule has 6 atom stereocenters. The molecule has 0 aromatic carbocycles. The molecule has 5 rings (SSSR count). The molecule has 0 spiro atoms. The van der Waals surface area contributed by atoms with Gasteiger partial charge in [-0.25, -0.2) is 0 Å². The quantitative estimate of drug-likeness (QED) is 0.305. The standard InChI is InChI=1S/C30H48Si/c1-18-16-26-27(29(18)31(6,7)30-21(4)19(2)20(3)22(30)5)17-24-14-11-15-25(24)28(26)23-12-9-8-10-13-23/h16,23-30H,8-15,17H2,1-7H3. The van der Waals surface area contributed by atoms with Crippen LogP contribution in [0, 0.1) is 35.5 Å². The maximum atomic E-state index is 2.88. The first kappa shape index (κ1) is 22.2. The molecular formula is C30H48Si. The van der Waals surface area contributed by atoms with Crippen molar-refractivity contribution in [3.8, 4) is 0 Å². The summed E-state index contributed by atoms with van der Waals surface area (Å²) in [5.74, 6) is 6.07. The number of hydrogen-bond donors (Lipinski definition) is 0. The molecule has 0 radical (unpaired) electrons. The highest BCUT2D eigenvalue weighted by molar-refractivity contribution is 6.82. The van der Waals surface area contributed by atoms with Crippen molar-refractivity contribution in [1.29, 1.82) is 0 Å². The SMILES string of the molecule is CC1=CC2C(CC3CCCC3C2C2CCCCC2)C1[Si](C)(C)C1C(C)=C(C)C(C)=C1C. The molecule has 0 aromatic rings. The molecule has 0 aromatic heterocycles. The molecule has 172 valence electrons. The van der Waals surface area contributed by atoms with Crippen LogP contribution >= 0.6 is 0 Å². The summed E-state index contributed by atoms with van der Waals surface area (Å²) >= 11 is 0. The Morgan fingerprint density at radius 1 is 0.710 bits per heavy atom. The van der Waals surface area contributed by atoms with E-state index in [1.165, 1.54) is 25.7 Å². The largest absolute Gasteiger partial charge is 0.0819 e. The third-order valence-electron chi connectivity index (χ3n) is 11.5. The van der Waals surface area contributed by atoms with Gasteiger partial charge in [-0.15, -0.1) is 0 Å². The van der Waals surface area contributed by atoms with Gasteiger partial charge < -0.3 is 0 Å². The van der Waals surface area contributed by atoms with E-state index in [2.05, 4.69) is 53.8 Å². The Bertz CT molecular complexity index is 793. The lowest BCUT2D eigenvalue weighted by Crippen LogP contribution is -2.47. The molecule has 0 saturated heterocycles. The predicted molar refractivity (Wildman–Crippen MR) is 138 cm³/mol. The van der Waals surface area contributed by atoms with Crippen molar-refractivity contribution in [2.75, 3.05) is 0 Å². The smallest absolute Gasteiger partial charge is 0.0669 e. The van der Waals surface area contributed by atoms with Crippen LogP contribution in [0.3, 0.4) is 0 Å². The summed E-state index contributed by atoms with van der Waals surface area (Å²) in [4.78, 5) is 0. The zero-order chi connectivity index (χ0) is 22.1. The number of allylic oxidation sites excluding steroid dienone is 6. The molecule has 6 unspecified atom stereocenters. The van der Waals surface area contributed by atoms with Crippen molar-refractivity contribution in [3.63, 3.8) is 0 Å². The second-order valence-electron chi connectivity index (χ2n) is 13.1.